The Morgan fingerprint density at radius 1 is 1.43 bits per heavy atom. The Morgan fingerprint density at radius 2 is 2.14 bits per heavy atom. The van der Waals surface area contributed by atoms with Gasteiger partial charge in [-0.25, -0.2) is 0 Å². The molecule has 2 N–H and O–H groups in total. The standard InChI is InChI=1S/C15H24N4O2/c1-11-9-12(2)19(17-11)8-5-13(20)18-7-4-6-15(3,10-18)14(16)21/h9H,4-8,10H2,1-3H3,(H2,16,21). The van der Waals surface area contributed by atoms with E-state index < -0.39 is 5.41 Å². The van der Waals surface area contributed by atoms with Crippen LogP contribution in [-0.2, 0) is 16.1 Å². The molecule has 0 bridgehead atoms. The number of hydrogen-bond acceptors (Lipinski definition) is 3. The van der Waals surface area contributed by atoms with Crippen LogP contribution in [0.25, 0.3) is 0 Å². The summed E-state index contributed by atoms with van der Waals surface area (Å²) < 4.78 is 1.85. The Labute approximate surface area is 125 Å². The van der Waals surface area contributed by atoms with E-state index in [0.29, 0.717) is 26.1 Å². The zero-order valence-corrected chi connectivity index (χ0v) is 13.1. The number of primary amides is 1. The minimum atomic E-state index is -0.591. The molecular weight excluding hydrogens is 268 g/mol. The summed E-state index contributed by atoms with van der Waals surface area (Å²) in [5.74, 6) is -0.256. The van der Waals surface area contributed by atoms with E-state index in [0.717, 1.165) is 24.2 Å². The number of nitrogens with zero attached hydrogens (tertiary/aromatic N) is 3. The molecule has 6 nitrogen and oxygen atoms in total. The molecule has 1 aliphatic heterocycles. The highest BCUT2D eigenvalue weighted by Crippen LogP contribution is 2.29. The fourth-order valence-electron chi connectivity index (χ4n) is 2.91. The molecule has 1 unspecified atom stereocenters. The predicted octanol–water partition coefficient (Wildman–Crippen LogP) is 1.00. The van der Waals surface area contributed by atoms with E-state index in [1.54, 1.807) is 4.90 Å². The highest BCUT2D eigenvalue weighted by molar-refractivity contribution is 5.82. The van der Waals surface area contributed by atoms with E-state index in [-0.39, 0.29) is 11.8 Å². The van der Waals surface area contributed by atoms with Gasteiger partial charge in [-0.2, -0.15) is 5.10 Å². The summed E-state index contributed by atoms with van der Waals surface area (Å²) in [6.45, 7) is 7.47. The Balaban J connectivity index is 1.94. The van der Waals surface area contributed by atoms with Crippen LogP contribution in [0.3, 0.4) is 0 Å². The van der Waals surface area contributed by atoms with Gasteiger partial charge in [0.1, 0.15) is 0 Å². The van der Waals surface area contributed by atoms with Crippen molar-refractivity contribution < 1.29 is 9.59 Å². The molecule has 0 saturated carbocycles. The zero-order valence-electron chi connectivity index (χ0n) is 13.1. The van der Waals surface area contributed by atoms with Gasteiger partial charge in [-0.3, -0.25) is 14.3 Å². The first-order valence-electron chi connectivity index (χ1n) is 7.40. The quantitative estimate of drug-likeness (QED) is 0.899. The highest BCUT2D eigenvalue weighted by atomic mass is 16.2. The van der Waals surface area contributed by atoms with Crippen LogP contribution in [0.5, 0.6) is 0 Å². The Hall–Kier alpha value is -1.85. The van der Waals surface area contributed by atoms with Crippen molar-refractivity contribution in [1.82, 2.24) is 14.7 Å². The molecule has 2 rings (SSSR count). The van der Waals surface area contributed by atoms with Gasteiger partial charge in [0, 0.05) is 31.7 Å². The molecule has 2 amide bonds. The van der Waals surface area contributed by atoms with E-state index >= 15 is 0 Å². The summed E-state index contributed by atoms with van der Waals surface area (Å²) in [4.78, 5) is 25.6. The van der Waals surface area contributed by atoms with Crippen molar-refractivity contribution in [2.24, 2.45) is 11.1 Å². The molecule has 0 aliphatic carbocycles. The molecule has 1 fully saturated rings. The number of hydrogen-bond donors (Lipinski definition) is 1. The summed E-state index contributed by atoms with van der Waals surface area (Å²) in [6.07, 6.45) is 1.98. The summed E-state index contributed by atoms with van der Waals surface area (Å²) in [6, 6.07) is 2.00. The Kier molecular flexibility index (Phi) is 4.34. The first-order chi connectivity index (χ1) is 9.82. The second-order valence-electron chi connectivity index (χ2n) is 6.24. The fourth-order valence-corrected chi connectivity index (χ4v) is 2.91. The van der Waals surface area contributed by atoms with E-state index in [9.17, 15) is 9.59 Å². The lowest BCUT2D eigenvalue weighted by Gasteiger charge is -2.38. The van der Waals surface area contributed by atoms with Crippen molar-refractivity contribution >= 4 is 11.8 Å². The molecular formula is C15H24N4O2. The monoisotopic (exact) mass is 292 g/mol. The molecule has 0 aromatic carbocycles. The number of rotatable bonds is 4. The van der Waals surface area contributed by atoms with Crippen LogP contribution in [0, 0.1) is 19.3 Å². The minimum Gasteiger partial charge on any atom is -0.369 e. The summed E-state index contributed by atoms with van der Waals surface area (Å²) in [5, 5.41) is 4.36. The molecule has 1 atom stereocenters. The molecule has 0 radical (unpaired) electrons. The van der Waals surface area contributed by atoms with E-state index in [1.165, 1.54) is 0 Å². The first-order valence-corrected chi connectivity index (χ1v) is 7.40. The van der Waals surface area contributed by atoms with Crippen LogP contribution in [0.1, 0.15) is 37.6 Å². The first kappa shape index (κ1) is 15.5. The van der Waals surface area contributed by atoms with Crippen LogP contribution >= 0.6 is 0 Å². The second kappa shape index (κ2) is 5.87. The number of amides is 2. The van der Waals surface area contributed by atoms with Gasteiger partial charge < -0.3 is 10.6 Å². The Morgan fingerprint density at radius 3 is 2.71 bits per heavy atom. The zero-order chi connectivity index (χ0) is 15.6. The summed E-state index contributed by atoms with van der Waals surface area (Å²) >= 11 is 0. The third-order valence-corrected chi connectivity index (χ3v) is 4.28. The number of piperidine rings is 1. The molecule has 21 heavy (non-hydrogen) atoms. The number of aryl methyl sites for hydroxylation is 3. The van der Waals surface area contributed by atoms with Crippen molar-refractivity contribution in [2.45, 2.75) is 46.6 Å². The van der Waals surface area contributed by atoms with Gasteiger partial charge >= 0.3 is 0 Å². The van der Waals surface area contributed by atoms with Crippen LogP contribution in [-0.4, -0.2) is 39.6 Å². The molecule has 1 aromatic rings. The van der Waals surface area contributed by atoms with Crippen molar-refractivity contribution in [3.8, 4) is 0 Å². The average Bonchev–Trinajstić information content (AvgIpc) is 2.74. The predicted molar refractivity (Wildman–Crippen MR) is 79.4 cm³/mol. The number of carbonyl (C=O) groups is 2. The summed E-state index contributed by atoms with van der Waals surface area (Å²) in [5.41, 5.74) is 6.88. The maximum absolute atomic E-state index is 12.3. The second-order valence-corrected chi connectivity index (χ2v) is 6.24. The lowest BCUT2D eigenvalue weighted by Crippen LogP contribution is -2.50. The third kappa shape index (κ3) is 3.43. The lowest BCUT2D eigenvalue weighted by molar-refractivity contribution is -0.139. The normalized spacial score (nSPS) is 22.3. The van der Waals surface area contributed by atoms with E-state index in [2.05, 4.69) is 5.10 Å². The van der Waals surface area contributed by atoms with Crippen LogP contribution in [0.2, 0.25) is 0 Å². The van der Waals surface area contributed by atoms with Crippen molar-refractivity contribution in [3.63, 3.8) is 0 Å². The lowest BCUT2D eigenvalue weighted by atomic mass is 9.81. The van der Waals surface area contributed by atoms with Gasteiger partial charge in [0.05, 0.1) is 11.1 Å². The topological polar surface area (TPSA) is 81.2 Å². The van der Waals surface area contributed by atoms with Crippen LogP contribution in [0.4, 0.5) is 0 Å². The summed E-state index contributed by atoms with van der Waals surface area (Å²) in [7, 11) is 0. The largest absolute Gasteiger partial charge is 0.369 e. The van der Waals surface area contributed by atoms with Gasteiger partial charge in [0.2, 0.25) is 11.8 Å². The minimum absolute atomic E-state index is 0.0646. The van der Waals surface area contributed by atoms with Crippen molar-refractivity contribution in [1.29, 1.82) is 0 Å². The van der Waals surface area contributed by atoms with E-state index in [4.69, 9.17) is 5.73 Å². The van der Waals surface area contributed by atoms with E-state index in [1.807, 2.05) is 31.5 Å². The number of nitrogens with two attached hydrogens (primary N) is 1. The van der Waals surface area contributed by atoms with Crippen LogP contribution < -0.4 is 5.73 Å². The number of carbonyl (C=O) groups excluding carboxylic acids is 2. The molecule has 1 aromatic heterocycles. The maximum Gasteiger partial charge on any atom is 0.225 e. The highest BCUT2D eigenvalue weighted by Gasteiger charge is 2.37. The maximum atomic E-state index is 12.3. The Bertz CT molecular complexity index is 552. The average molecular weight is 292 g/mol. The van der Waals surface area contributed by atoms with Crippen molar-refractivity contribution in [2.75, 3.05) is 13.1 Å². The molecule has 6 heteroatoms. The van der Waals surface area contributed by atoms with Gasteiger partial charge in [-0.1, -0.05) is 0 Å². The SMILES string of the molecule is Cc1cc(C)n(CCC(=O)N2CCCC(C)(C(N)=O)C2)n1. The van der Waals surface area contributed by atoms with Gasteiger partial charge in [0.15, 0.2) is 0 Å². The number of aromatic nitrogens is 2. The molecule has 116 valence electrons. The van der Waals surface area contributed by atoms with Gasteiger partial charge in [0.25, 0.3) is 0 Å². The fraction of sp³-hybridized carbons (Fsp3) is 0.667. The molecule has 0 spiro atoms. The molecule has 1 saturated heterocycles. The molecule has 1 aliphatic rings. The smallest absolute Gasteiger partial charge is 0.225 e. The van der Waals surface area contributed by atoms with Gasteiger partial charge in [-0.05, 0) is 39.7 Å². The third-order valence-electron chi connectivity index (χ3n) is 4.28. The molecule has 2 heterocycles. The number of likely N-dealkylation sites (tertiary alicyclic amines) is 1. The van der Waals surface area contributed by atoms with Gasteiger partial charge in [-0.15, -0.1) is 0 Å². The van der Waals surface area contributed by atoms with Crippen LogP contribution in [0.15, 0.2) is 6.07 Å². The van der Waals surface area contributed by atoms with Crippen molar-refractivity contribution in [3.05, 3.63) is 17.5 Å².